The normalized spacial score (nSPS) is 9.33. The molecule has 0 atom stereocenters. The van der Waals surface area contributed by atoms with Crippen LogP contribution in [0.1, 0.15) is 17.3 Å². The Kier molecular flexibility index (Phi) is 3.19. The molecular formula is C11H10O4. The summed E-state index contributed by atoms with van der Waals surface area (Å²) in [6.45, 7) is 1.25. The van der Waals surface area contributed by atoms with Crippen LogP contribution in [-0.2, 0) is 0 Å². The second-order valence-electron chi connectivity index (χ2n) is 2.89. The minimum atomic E-state index is -0.362. The molecule has 0 radical (unpaired) electrons. The monoisotopic (exact) mass is 206 g/mol. The van der Waals surface area contributed by atoms with Crippen molar-refractivity contribution in [3.05, 3.63) is 17.7 Å². The van der Waals surface area contributed by atoms with Gasteiger partial charge in [0, 0.05) is 12.1 Å². The molecule has 78 valence electrons. The minimum absolute atomic E-state index is 0.0167. The fourth-order valence-electron chi connectivity index (χ4n) is 1.17. The first kappa shape index (κ1) is 10.9. The van der Waals surface area contributed by atoms with Gasteiger partial charge in [-0.25, -0.2) is 0 Å². The van der Waals surface area contributed by atoms with Crippen molar-refractivity contribution in [1.82, 2.24) is 0 Å². The van der Waals surface area contributed by atoms with Gasteiger partial charge in [-0.3, -0.25) is 4.79 Å². The van der Waals surface area contributed by atoms with Gasteiger partial charge in [-0.1, -0.05) is 5.92 Å². The van der Waals surface area contributed by atoms with E-state index in [0.29, 0.717) is 0 Å². The Morgan fingerprint density at radius 2 is 2.20 bits per heavy atom. The number of benzene rings is 1. The topological polar surface area (TPSA) is 66.8 Å². The number of hydrogen-bond donors (Lipinski definition) is 2. The van der Waals surface area contributed by atoms with Gasteiger partial charge >= 0.3 is 0 Å². The number of ketones is 1. The summed E-state index contributed by atoms with van der Waals surface area (Å²) in [5.41, 5.74) is 0.0167. The lowest BCUT2D eigenvalue weighted by Crippen LogP contribution is -2.01. The number of phenolic OH excluding ortho intramolecular Hbond substituents is 2. The van der Waals surface area contributed by atoms with Crippen LogP contribution < -0.4 is 4.74 Å². The van der Waals surface area contributed by atoms with Crippen LogP contribution in [0.5, 0.6) is 17.2 Å². The molecule has 0 aliphatic carbocycles. The van der Waals surface area contributed by atoms with E-state index in [2.05, 4.69) is 5.92 Å². The third kappa shape index (κ3) is 2.41. The summed E-state index contributed by atoms with van der Waals surface area (Å²) in [5, 5.41) is 18.6. The first-order chi connectivity index (χ1) is 7.06. The molecule has 4 heteroatoms. The van der Waals surface area contributed by atoms with Crippen LogP contribution in [0, 0.1) is 12.3 Å². The molecule has 0 spiro atoms. The van der Waals surface area contributed by atoms with Gasteiger partial charge in [0.15, 0.2) is 5.78 Å². The Hall–Kier alpha value is -2.15. The van der Waals surface area contributed by atoms with Crippen LogP contribution in [0.3, 0.4) is 0 Å². The molecule has 1 aromatic rings. The fraction of sp³-hybridized carbons (Fsp3) is 0.182. The number of carbonyl (C=O) groups excluding carboxylic acids is 1. The van der Waals surface area contributed by atoms with Crippen molar-refractivity contribution in [1.29, 1.82) is 0 Å². The number of Topliss-reactive ketones (excluding diaryl/α,β-unsaturated/α-hetero) is 1. The predicted octanol–water partition coefficient (Wildman–Crippen LogP) is 1.31. The zero-order chi connectivity index (χ0) is 11.4. The molecule has 0 aromatic heterocycles. The summed E-state index contributed by atoms with van der Waals surface area (Å²) < 4.78 is 5.03. The van der Waals surface area contributed by atoms with Gasteiger partial charge in [-0.2, -0.15) is 0 Å². The van der Waals surface area contributed by atoms with Gasteiger partial charge in [-0.05, 0) is 6.92 Å². The molecule has 0 saturated carbocycles. The van der Waals surface area contributed by atoms with Crippen molar-refractivity contribution in [2.24, 2.45) is 0 Å². The average Bonchev–Trinajstić information content (AvgIpc) is 2.12. The SMILES string of the molecule is C#CCOc1cc(O)cc(O)c1C(C)=O. The van der Waals surface area contributed by atoms with Crippen LogP contribution in [0.2, 0.25) is 0 Å². The Balaban J connectivity index is 3.22. The third-order valence-corrected chi connectivity index (χ3v) is 1.73. The maximum atomic E-state index is 11.2. The lowest BCUT2D eigenvalue weighted by Gasteiger charge is -2.09. The van der Waals surface area contributed by atoms with E-state index in [9.17, 15) is 15.0 Å². The van der Waals surface area contributed by atoms with Crippen molar-refractivity contribution >= 4 is 5.78 Å². The van der Waals surface area contributed by atoms with Crippen LogP contribution >= 0.6 is 0 Å². The van der Waals surface area contributed by atoms with Crippen molar-refractivity contribution in [2.45, 2.75) is 6.92 Å². The first-order valence-electron chi connectivity index (χ1n) is 4.19. The second kappa shape index (κ2) is 4.38. The van der Waals surface area contributed by atoms with Crippen LogP contribution in [0.15, 0.2) is 12.1 Å². The summed E-state index contributed by atoms with van der Waals surface area (Å²) in [4.78, 5) is 11.2. The summed E-state index contributed by atoms with van der Waals surface area (Å²) >= 11 is 0. The highest BCUT2D eigenvalue weighted by Gasteiger charge is 2.15. The summed E-state index contributed by atoms with van der Waals surface area (Å²) in [5.74, 6) is 1.43. The van der Waals surface area contributed by atoms with E-state index in [1.807, 2.05) is 0 Å². The molecule has 2 N–H and O–H groups in total. The molecule has 0 bridgehead atoms. The molecule has 0 amide bonds. The van der Waals surface area contributed by atoms with E-state index in [4.69, 9.17) is 11.2 Å². The zero-order valence-electron chi connectivity index (χ0n) is 8.15. The molecule has 1 rings (SSSR count). The number of carbonyl (C=O) groups is 1. The molecular weight excluding hydrogens is 196 g/mol. The van der Waals surface area contributed by atoms with E-state index in [1.165, 1.54) is 13.0 Å². The van der Waals surface area contributed by atoms with Gasteiger partial charge in [0.2, 0.25) is 0 Å². The fourth-order valence-corrected chi connectivity index (χ4v) is 1.17. The van der Waals surface area contributed by atoms with E-state index >= 15 is 0 Å². The van der Waals surface area contributed by atoms with Crippen molar-refractivity contribution < 1.29 is 19.7 Å². The lowest BCUT2D eigenvalue weighted by molar-refractivity contribution is 0.101. The molecule has 4 nitrogen and oxygen atoms in total. The summed E-state index contributed by atoms with van der Waals surface area (Å²) in [7, 11) is 0. The average molecular weight is 206 g/mol. The minimum Gasteiger partial charge on any atom is -0.508 e. The maximum absolute atomic E-state index is 11.2. The van der Waals surface area contributed by atoms with Gasteiger partial charge < -0.3 is 14.9 Å². The molecule has 0 fully saturated rings. The third-order valence-electron chi connectivity index (χ3n) is 1.73. The number of hydrogen-bond acceptors (Lipinski definition) is 4. The number of rotatable bonds is 3. The zero-order valence-corrected chi connectivity index (χ0v) is 8.15. The maximum Gasteiger partial charge on any atom is 0.167 e. The Morgan fingerprint density at radius 3 is 2.73 bits per heavy atom. The van der Waals surface area contributed by atoms with Gasteiger partial charge in [0.1, 0.15) is 29.4 Å². The molecule has 0 heterocycles. The van der Waals surface area contributed by atoms with Crippen molar-refractivity contribution in [3.63, 3.8) is 0 Å². The van der Waals surface area contributed by atoms with E-state index in [-0.39, 0.29) is 35.2 Å². The smallest absolute Gasteiger partial charge is 0.167 e. The highest BCUT2D eigenvalue weighted by Crippen LogP contribution is 2.33. The highest BCUT2D eigenvalue weighted by atomic mass is 16.5. The van der Waals surface area contributed by atoms with E-state index < -0.39 is 0 Å². The number of ether oxygens (including phenoxy) is 1. The van der Waals surface area contributed by atoms with Gasteiger partial charge in [0.05, 0.1) is 0 Å². The Labute approximate surface area is 87.1 Å². The molecule has 1 aromatic carbocycles. The Bertz CT molecular complexity index is 429. The van der Waals surface area contributed by atoms with Crippen molar-refractivity contribution in [3.8, 4) is 29.6 Å². The Morgan fingerprint density at radius 1 is 1.53 bits per heavy atom. The van der Waals surface area contributed by atoms with Crippen LogP contribution in [-0.4, -0.2) is 22.6 Å². The van der Waals surface area contributed by atoms with E-state index in [1.54, 1.807) is 0 Å². The second-order valence-corrected chi connectivity index (χ2v) is 2.89. The lowest BCUT2D eigenvalue weighted by atomic mass is 10.1. The summed E-state index contributed by atoms with van der Waals surface area (Å²) in [6, 6.07) is 2.30. The quantitative estimate of drug-likeness (QED) is 0.578. The standard InChI is InChI=1S/C11H10O4/c1-3-4-15-10-6-8(13)5-9(14)11(10)7(2)12/h1,5-6,13-14H,4H2,2H3. The molecule has 0 aliphatic heterocycles. The van der Waals surface area contributed by atoms with Gasteiger partial charge in [-0.15, -0.1) is 6.42 Å². The van der Waals surface area contributed by atoms with Crippen LogP contribution in [0.25, 0.3) is 0 Å². The molecule has 0 unspecified atom stereocenters. The number of terminal acetylenes is 1. The molecule has 15 heavy (non-hydrogen) atoms. The van der Waals surface area contributed by atoms with Gasteiger partial charge in [0.25, 0.3) is 0 Å². The van der Waals surface area contributed by atoms with E-state index in [0.717, 1.165) is 6.07 Å². The first-order valence-corrected chi connectivity index (χ1v) is 4.19. The summed E-state index contributed by atoms with van der Waals surface area (Å²) in [6.07, 6.45) is 4.99. The number of phenols is 2. The largest absolute Gasteiger partial charge is 0.508 e. The highest BCUT2D eigenvalue weighted by molar-refractivity contribution is 5.99. The predicted molar refractivity (Wildman–Crippen MR) is 54.1 cm³/mol. The molecule has 0 saturated heterocycles. The van der Waals surface area contributed by atoms with Crippen LogP contribution in [0.4, 0.5) is 0 Å². The van der Waals surface area contributed by atoms with Crippen molar-refractivity contribution in [2.75, 3.05) is 6.61 Å². The molecule has 0 aliphatic rings. The number of aromatic hydroxyl groups is 2.